The zero-order valence-electron chi connectivity index (χ0n) is 17.6. The molecule has 0 unspecified atom stereocenters. The molecule has 1 aromatic heterocycles. The summed E-state index contributed by atoms with van der Waals surface area (Å²) >= 11 is 0. The standard InChI is InChI=1S/C23H27FN2O4/c1-14-20(15(2)25-21(14)23(29)30-3)19(27)13-26(18-7-5-4-6-8-18)22(28)16-9-11-17(24)12-10-16/h9-12,18,25H,4-8,13H2,1-3H3. The SMILES string of the molecule is COC(=O)c1[nH]c(C)c(C(=O)CN(C(=O)c2ccc(F)cc2)C2CCCCC2)c1C. The van der Waals surface area contributed by atoms with Crippen LogP contribution in [0.2, 0.25) is 0 Å². The average molecular weight is 414 g/mol. The van der Waals surface area contributed by atoms with Gasteiger partial charge < -0.3 is 14.6 Å². The summed E-state index contributed by atoms with van der Waals surface area (Å²) < 4.78 is 18.1. The number of amides is 1. The first kappa shape index (κ1) is 21.7. The molecule has 1 aliphatic rings. The highest BCUT2D eigenvalue weighted by Crippen LogP contribution is 2.26. The van der Waals surface area contributed by atoms with Crippen LogP contribution >= 0.6 is 0 Å². The molecule has 160 valence electrons. The summed E-state index contributed by atoms with van der Waals surface area (Å²) in [6, 6.07) is 5.34. The van der Waals surface area contributed by atoms with Gasteiger partial charge in [-0.05, 0) is 56.5 Å². The minimum atomic E-state index is -0.541. The average Bonchev–Trinajstić information content (AvgIpc) is 3.06. The Morgan fingerprint density at radius 1 is 1.10 bits per heavy atom. The van der Waals surface area contributed by atoms with Gasteiger partial charge in [-0.2, -0.15) is 0 Å². The van der Waals surface area contributed by atoms with Crippen molar-refractivity contribution in [1.29, 1.82) is 0 Å². The van der Waals surface area contributed by atoms with Gasteiger partial charge in [0.15, 0.2) is 5.78 Å². The third-order valence-corrected chi connectivity index (χ3v) is 5.79. The molecule has 7 heteroatoms. The summed E-state index contributed by atoms with van der Waals surface area (Å²) in [6.45, 7) is 3.32. The molecule has 30 heavy (non-hydrogen) atoms. The molecule has 1 aliphatic carbocycles. The van der Waals surface area contributed by atoms with Gasteiger partial charge >= 0.3 is 5.97 Å². The Kier molecular flexibility index (Phi) is 6.70. The lowest BCUT2D eigenvalue weighted by atomic mass is 9.93. The molecule has 1 heterocycles. The Morgan fingerprint density at radius 3 is 2.33 bits per heavy atom. The Morgan fingerprint density at radius 2 is 1.73 bits per heavy atom. The molecule has 1 fully saturated rings. The van der Waals surface area contributed by atoms with Crippen LogP contribution in [0.25, 0.3) is 0 Å². The van der Waals surface area contributed by atoms with E-state index in [4.69, 9.17) is 4.74 Å². The molecule has 1 aromatic carbocycles. The van der Waals surface area contributed by atoms with Crippen molar-refractivity contribution < 1.29 is 23.5 Å². The largest absolute Gasteiger partial charge is 0.464 e. The summed E-state index contributed by atoms with van der Waals surface area (Å²) in [5.74, 6) is -1.48. The van der Waals surface area contributed by atoms with Gasteiger partial charge in [-0.3, -0.25) is 9.59 Å². The first-order valence-corrected chi connectivity index (χ1v) is 10.2. The number of aromatic amines is 1. The number of ether oxygens (including phenoxy) is 1. The van der Waals surface area contributed by atoms with E-state index in [0.717, 1.165) is 32.1 Å². The minimum Gasteiger partial charge on any atom is -0.464 e. The van der Waals surface area contributed by atoms with E-state index in [1.807, 2.05) is 0 Å². The van der Waals surface area contributed by atoms with E-state index in [1.54, 1.807) is 18.7 Å². The zero-order valence-corrected chi connectivity index (χ0v) is 17.6. The number of carbonyl (C=O) groups is 3. The van der Waals surface area contributed by atoms with Gasteiger partial charge in [0.25, 0.3) is 5.91 Å². The van der Waals surface area contributed by atoms with Crippen molar-refractivity contribution in [2.24, 2.45) is 0 Å². The fourth-order valence-electron chi connectivity index (χ4n) is 4.23. The Hall–Kier alpha value is -2.96. The third kappa shape index (κ3) is 4.45. The maximum atomic E-state index is 13.3. The number of ketones is 1. The zero-order chi connectivity index (χ0) is 21.8. The molecule has 0 spiro atoms. The molecule has 1 amide bonds. The predicted octanol–water partition coefficient (Wildman–Crippen LogP) is 4.22. The van der Waals surface area contributed by atoms with Gasteiger partial charge in [0.1, 0.15) is 11.5 Å². The van der Waals surface area contributed by atoms with Crippen LogP contribution in [0, 0.1) is 19.7 Å². The number of benzene rings is 1. The number of esters is 1. The predicted molar refractivity (Wildman–Crippen MR) is 110 cm³/mol. The quantitative estimate of drug-likeness (QED) is 0.567. The highest BCUT2D eigenvalue weighted by Gasteiger charge is 2.30. The van der Waals surface area contributed by atoms with Crippen molar-refractivity contribution in [3.05, 3.63) is 58.2 Å². The van der Waals surface area contributed by atoms with Crippen LogP contribution in [0.1, 0.15) is 74.6 Å². The van der Waals surface area contributed by atoms with Crippen molar-refractivity contribution in [2.45, 2.75) is 52.0 Å². The topological polar surface area (TPSA) is 79.5 Å². The number of nitrogens with one attached hydrogen (secondary N) is 1. The Labute approximate surface area is 175 Å². The van der Waals surface area contributed by atoms with Gasteiger partial charge in [-0.1, -0.05) is 19.3 Å². The van der Waals surface area contributed by atoms with Crippen molar-refractivity contribution in [2.75, 3.05) is 13.7 Å². The number of hydrogen-bond acceptors (Lipinski definition) is 4. The lowest BCUT2D eigenvalue weighted by Gasteiger charge is -2.34. The Balaban J connectivity index is 1.90. The van der Waals surface area contributed by atoms with Crippen LogP contribution in [0.4, 0.5) is 4.39 Å². The van der Waals surface area contributed by atoms with Gasteiger partial charge in [-0.15, -0.1) is 0 Å². The highest BCUT2D eigenvalue weighted by molar-refractivity contribution is 6.05. The molecule has 1 saturated carbocycles. The van der Waals surface area contributed by atoms with Crippen LogP contribution in [0.15, 0.2) is 24.3 Å². The van der Waals surface area contributed by atoms with E-state index in [2.05, 4.69) is 4.98 Å². The molecular formula is C23H27FN2O4. The lowest BCUT2D eigenvalue weighted by molar-refractivity contribution is 0.0588. The smallest absolute Gasteiger partial charge is 0.354 e. The molecule has 0 aliphatic heterocycles. The normalized spacial score (nSPS) is 14.4. The van der Waals surface area contributed by atoms with Crippen molar-refractivity contribution in [3.63, 3.8) is 0 Å². The van der Waals surface area contributed by atoms with Crippen molar-refractivity contribution in [3.8, 4) is 0 Å². The summed E-state index contributed by atoms with van der Waals surface area (Å²) in [4.78, 5) is 42.9. The molecule has 1 N–H and O–H groups in total. The van der Waals surface area contributed by atoms with Crippen LogP contribution in [0.3, 0.4) is 0 Å². The van der Waals surface area contributed by atoms with Gasteiger partial charge in [-0.25, -0.2) is 9.18 Å². The molecule has 0 saturated heterocycles. The van der Waals surface area contributed by atoms with Crippen LogP contribution in [-0.2, 0) is 4.74 Å². The van der Waals surface area contributed by atoms with Gasteiger partial charge in [0.2, 0.25) is 0 Å². The van der Waals surface area contributed by atoms with E-state index < -0.39 is 11.8 Å². The highest BCUT2D eigenvalue weighted by atomic mass is 19.1. The fraction of sp³-hybridized carbons (Fsp3) is 0.435. The maximum Gasteiger partial charge on any atom is 0.354 e. The van der Waals surface area contributed by atoms with E-state index in [-0.39, 0.29) is 30.0 Å². The molecule has 0 atom stereocenters. The van der Waals surface area contributed by atoms with Crippen LogP contribution in [-0.4, -0.2) is 47.2 Å². The number of aromatic nitrogens is 1. The molecule has 3 rings (SSSR count). The van der Waals surface area contributed by atoms with Gasteiger partial charge in [0, 0.05) is 22.9 Å². The summed E-state index contributed by atoms with van der Waals surface area (Å²) in [6.07, 6.45) is 4.78. The molecule has 0 radical (unpaired) electrons. The summed E-state index contributed by atoms with van der Waals surface area (Å²) in [5, 5.41) is 0. The van der Waals surface area contributed by atoms with Crippen molar-refractivity contribution in [1.82, 2.24) is 9.88 Å². The number of rotatable bonds is 6. The minimum absolute atomic E-state index is 0.0418. The second kappa shape index (κ2) is 9.24. The number of halogens is 1. The maximum absolute atomic E-state index is 13.3. The molecule has 0 bridgehead atoms. The second-order valence-corrected chi connectivity index (χ2v) is 7.77. The number of carbonyl (C=O) groups excluding carboxylic acids is 3. The number of methoxy groups -OCH3 is 1. The van der Waals surface area contributed by atoms with Crippen molar-refractivity contribution >= 4 is 17.7 Å². The number of aryl methyl sites for hydroxylation is 1. The number of Topliss-reactive ketones (excluding diaryl/α,β-unsaturated/α-hetero) is 1. The number of hydrogen-bond donors (Lipinski definition) is 1. The summed E-state index contributed by atoms with van der Waals surface area (Å²) in [5.41, 5.74) is 2.08. The first-order chi connectivity index (χ1) is 14.3. The first-order valence-electron chi connectivity index (χ1n) is 10.2. The number of nitrogens with zero attached hydrogens (tertiary/aromatic N) is 1. The van der Waals surface area contributed by atoms with E-state index in [9.17, 15) is 18.8 Å². The van der Waals surface area contributed by atoms with Gasteiger partial charge in [0.05, 0.1) is 13.7 Å². The monoisotopic (exact) mass is 414 g/mol. The summed E-state index contributed by atoms with van der Waals surface area (Å²) in [7, 11) is 1.28. The van der Waals surface area contributed by atoms with E-state index >= 15 is 0 Å². The molecule has 6 nitrogen and oxygen atoms in total. The number of H-pyrrole nitrogens is 1. The van der Waals surface area contributed by atoms with Crippen LogP contribution in [0.5, 0.6) is 0 Å². The second-order valence-electron chi connectivity index (χ2n) is 7.77. The molecule has 2 aromatic rings. The fourth-order valence-corrected chi connectivity index (χ4v) is 4.23. The Bertz CT molecular complexity index is 943. The third-order valence-electron chi connectivity index (χ3n) is 5.79. The van der Waals surface area contributed by atoms with Crippen LogP contribution < -0.4 is 0 Å². The molecular weight excluding hydrogens is 387 g/mol. The van der Waals surface area contributed by atoms with E-state index in [0.29, 0.717) is 22.4 Å². The van der Waals surface area contributed by atoms with E-state index in [1.165, 1.54) is 31.4 Å². The lowest BCUT2D eigenvalue weighted by Crippen LogP contribution is -2.44.